The topological polar surface area (TPSA) is 35.5 Å². The van der Waals surface area contributed by atoms with Crippen molar-refractivity contribution in [1.29, 1.82) is 0 Å². The minimum absolute atomic E-state index is 0.400. The highest BCUT2D eigenvalue weighted by molar-refractivity contribution is 5.37. The van der Waals surface area contributed by atoms with Crippen LogP contribution in [0.5, 0.6) is 0 Å². The van der Waals surface area contributed by atoms with Crippen LogP contribution in [0.3, 0.4) is 0 Å². The summed E-state index contributed by atoms with van der Waals surface area (Å²) < 4.78 is 8.93. The van der Waals surface area contributed by atoms with E-state index in [1.165, 1.54) is 6.47 Å². The molecule has 0 atom stereocenters. The molecule has 0 saturated carbocycles. The maximum atomic E-state index is 9.38. The van der Waals surface area contributed by atoms with E-state index in [0.29, 0.717) is 13.2 Å². The lowest BCUT2D eigenvalue weighted by Crippen LogP contribution is -1.96. The summed E-state index contributed by atoms with van der Waals surface area (Å²) in [5, 5.41) is 0. The standard InChI is InChI=1S/C5H9O3/c1-7-3-2-4-8-5-6/h2-4H2,1H3. The van der Waals surface area contributed by atoms with Crippen molar-refractivity contribution in [2.45, 2.75) is 6.42 Å². The Hall–Kier alpha value is -0.570. The van der Waals surface area contributed by atoms with E-state index >= 15 is 0 Å². The van der Waals surface area contributed by atoms with Gasteiger partial charge in [0.2, 0.25) is 0 Å². The quantitative estimate of drug-likeness (QED) is 0.479. The molecule has 0 aromatic heterocycles. The number of carbonyl (C=O) groups excluding carboxylic acids is 1. The first-order valence-corrected chi connectivity index (χ1v) is 2.39. The summed E-state index contributed by atoms with van der Waals surface area (Å²) in [5.74, 6) is 0. The highest BCUT2D eigenvalue weighted by atomic mass is 16.5. The van der Waals surface area contributed by atoms with Crippen LogP contribution in [0.25, 0.3) is 0 Å². The predicted molar refractivity (Wildman–Crippen MR) is 28.1 cm³/mol. The van der Waals surface area contributed by atoms with Gasteiger partial charge in [-0.2, -0.15) is 0 Å². The molecule has 0 bridgehead atoms. The largest absolute Gasteiger partial charge is 0.457 e. The fourth-order valence-electron chi connectivity index (χ4n) is 0.317. The van der Waals surface area contributed by atoms with Crippen LogP contribution in [0.2, 0.25) is 0 Å². The first-order chi connectivity index (χ1) is 3.91. The molecular weight excluding hydrogens is 108 g/mol. The van der Waals surface area contributed by atoms with E-state index in [4.69, 9.17) is 0 Å². The number of hydrogen-bond acceptors (Lipinski definition) is 3. The summed E-state index contributed by atoms with van der Waals surface area (Å²) >= 11 is 0. The Kier molecular flexibility index (Phi) is 5.97. The van der Waals surface area contributed by atoms with Crippen LogP contribution in [0.1, 0.15) is 6.42 Å². The Labute approximate surface area is 48.6 Å². The molecule has 0 unspecified atom stereocenters. The molecule has 0 aromatic rings. The molecule has 1 radical (unpaired) electrons. The number of rotatable bonds is 5. The summed E-state index contributed by atoms with van der Waals surface area (Å²) in [4.78, 5) is 9.38. The monoisotopic (exact) mass is 117 g/mol. The smallest absolute Gasteiger partial charge is 0.417 e. The van der Waals surface area contributed by atoms with E-state index in [1.54, 1.807) is 7.11 Å². The summed E-state index contributed by atoms with van der Waals surface area (Å²) in [6, 6.07) is 0. The van der Waals surface area contributed by atoms with E-state index in [1.807, 2.05) is 0 Å². The van der Waals surface area contributed by atoms with Gasteiger partial charge in [-0.05, 0) is 0 Å². The SMILES string of the molecule is COCCCO[C]=O. The number of hydrogen-bond donors (Lipinski definition) is 0. The van der Waals surface area contributed by atoms with Gasteiger partial charge >= 0.3 is 6.47 Å². The molecule has 0 rings (SSSR count). The fraction of sp³-hybridized carbons (Fsp3) is 0.800. The van der Waals surface area contributed by atoms with Crippen molar-refractivity contribution in [1.82, 2.24) is 0 Å². The highest BCUT2D eigenvalue weighted by Crippen LogP contribution is 1.78. The molecule has 3 nitrogen and oxygen atoms in total. The third-order valence-corrected chi connectivity index (χ3v) is 0.654. The van der Waals surface area contributed by atoms with Crippen molar-refractivity contribution in [3.05, 3.63) is 0 Å². The normalized spacial score (nSPS) is 8.62. The van der Waals surface area contributed by atoms with Crippen molar-refractivity contribution in [2.75, 3.05) is 20.3 Å². The van der Waals surface area contributed by atoms with Gasteiger partial charge in [-0.1, -0.05) is 0 Å². The molecular formula is C5H9O3. The number of methoxy groups -OCH3 is 1. The zero-order valence-corrected chi connectivity index (χ0v) is 4.85. The summed E-state index contributed by atoms with van der Waals surface area (Å²) in [5.41, 5.74) is 0. The van der Waals surface area contributed by atoms with Gasteiger partial charge in [-0.25, -0.2) is 4.79 Å². The van der Waals surface area contributed by atoms with E-state index in [-0.39, 0.29) is 0 Å². The summed E-state index contributed by atoms with van der Waals surface area (Å²) in [7, 11) is 1.60. The molecule has 3 heteroatoms. The van der Waals surface area contributed by atoms with Crippen LogP contribution in [0.4, 0.5) is 0 Å². The van der Waals surface area contributed by atoms with E-state index in [9.17, 15) is 4.79 Å². The Balaban J connectivity index is 2.62. The summed E-state index contributed by atoms with van der Waals surface area (Å²) in [6.45, 7) is 2.35. The molecule has 47 valence electrons. The fourth-order valence-corrected chi connectivity index (χ4v) is 0.317. The zero-order chi connectivity index (χ0) is 6.24. The molecule has 0 aliphatic heterocycles. The molecule has 0 N–H and O–H groups in total. The van der Waals surface area contributed by atoms with Gasteiger partial charge in [-0.3, -0.25) is 0 Å². The van der Waals surface area contributed by atoms with Gasteiger partial charge < -0.3 is 9.47 Å². The van der Waals surface area contributed by atoms with Crippen LogP contribution in [-0.4, -0.2) is 26.8 Å². The van der Waals surface area contributed by atoms with Crippen molar-refractivity contribution in [2.24, 2.45) is 0 Å². The van der Waals surface area contributed by atoms with Crippen LogP contribution in [0.15, 0.2) is 0 Å². The number of ether oxygens (including phenoxy) is 2. The van der Waals surface area contributed by atoms with Gasteiger partial charge in [0.05, 0.1) is 6.61 Å². The second-order valence-corrected chi connectivity index (χ2v) is 1.28. The van der Waals surface area contributed by atoms with E-state index in [2.05, 4.69) is 9.47 Å². The third kappa shape index (κ3) is 5.43. The lowest BCUT2D eigenvalue weighted by molar-refractivity contribution is 0.166. The maximum Gasteiger partial charge on any atom is 0.417 e. The van der Waals surface area contributed by atoms with E-state index in [0.717, 1.165) is 6.42 Å². The molecule has 8 heavy (non-hydrogen) atoms. The second-order valence-electron chi connectivity index (χ2n) is 1.28. The zero-order valence-electron chi connectivity index (χ0n) is 4.85. The van der Waals surface area contributed by atoms with Crippen LogP contribution >= 0.6 is 0 Å². The average molecular weight is 117 g/mol. The van der Waals surface area contributed by atoms with Crippen LogP contribution in [-0.2, 0) is 14.3 Å². The van der Waals surface area contributed by atoms with Gasteiger partial charge in [0.15, 0.2) is 0 Å². The Bertz CT molecular complexity index is 53.6. The van der Waals surface area contributed by atoms with Gasteiger partial charge in [0.1, 0.15) is 0 Å². The van der Waals surface area contributed by atoms with Gasteiger partial charge in [0, 0.05) is 20.1 Å². The summed E-state index contributed by atoms with van der Waals surface area (Å²) in [6.07, 6.45) is 0.742. The van der Waals surface area contributed by atoms with Crippen molar-refractivity contribution >= 4 is 6.47 Å². The van der Waals surface area contributed by atoms with Crippen LogP contribution in [0, 0.1) is 0 Å². The molecule has 0 aliphatic rings. The molecule has 0 heterocycles. The van der Waals surface area contributed by atoms with Crippen molar-refractivity contribution < 1.29 is 14.3 Å². The first kappa shape index (κ1) is 7.43. The Morgan fingerprint density at radius 2 is 2.25 bits per heavy atom. The first-order valence-electron chi connectivity index (χ1n) is 2.39. The Morgan fingerprint density at radius 3 is 2.75 bits per heavy atom. The Morgan fingerprint density at radius 1 is 1.50 bits per heavy atom. The molecule has 0 saturated heterocycles. The van der Waals surface area contributed by atoms with Crippen LogP contribution < -0.4 is 0 Å². The lowest BCUT2D eigenvalue weighted by Gasteiger charge is -1.94. The minimum Gasteiger partial charge on any atom is -0.457 e. The second kappa shape index (κ2) is 6.43. The third-order valence-electron chi connectivity index (χ3n) is 0.654. The van der Waals surface area contributed by atoms with Crippen molar-refractivity contribution in [3.63, 3.8) is 0 Å². The molecule has 0 aromatic carbocycles. The highest BCUT2D eigenvalue weighted by Gasteiger charge is 1.83. The van der Waals surface area contributed by atoms with E-state index < -0.39 is 0 Å². The average Bonchev–Trinajstić information content (AvgIpc) is 1.81. The minimum atomic E-state index is 0.400. The molecule has 0 amide bonds. The molecule has 0 aliphatic carbocycles. The predicted octanol–water partition coefficient (Wildman–Crippen LogP) is 0.107. The van der Waals surface area contributed by atoms with Gasteiger partial charge in [0.25, 0.3) is 0 Å². The maximum absolute atomic E-state index is 9.38. The van der Waals surface area contributed by atoms with Crippen molar-refractivity contribution in [3.8, 4) is 0 Å². The molecule has 0 fully saturated rings. The molecule has 0 spiro atoms. The van der Waals surface area contributed by atoms with Gasteiger partial charge in [-0.15, -0.1) is 0 Å². The lowest BCUT2D eigenvalue weighted by atomic mass is 10.5.